The number of non-ortho nitro benzene ring substituents is 2. The van der Waals surface area contributed by atoms with Crippen molar-refractivity contribution in [1.29, 1.82) is 0 Å². The highest BCUT2D eigenvalue weighted by Crippen LogP contribution is 2.12. The maximum Gasteiger partial charge on any atom is 0.270 e. The summed E-state index contributed by atoms with van der Waals surface area (Å²) in [6.45, 7) is -1.20. The molecule has 0 aliphatic rings. The second-order valence-corrected chi connectivity index (χ2v) is 6.19. The van der Waals surface area contributed by atoms with Gasteiger partial charge >= 0.3 is 0 Å². The minimum atomic E-state index is -0.774. The number of carbonyl (C=O) groups is 2. The molecule has 2 aromatic rings. The molecular weight excluding hydrogens is 440 g/mol. The van der Waals surface area contributed by atoms with Crippen LogP contribution in [0.25, 0.3) is 0 Å². The summed E-state index contributed by atoms with van der Waals surface area (Å²) in [5.74, 6) is -1.55. The van der Waals surface area contributed by atoms with E-state index in [4.69, 9.17) is 0 Å². The summed E-state index contributed by atoms with van der Waals surface area (Å²) in [4.78, 5) is 54.9. The van der Waals surface area contributed by atoms with Crippen molar-refractivity contribution in [2.75, 3.05) is 13.1 Å². The van der Waals surface area contributed by atoms with E-state index in [1.165, 1.54) is 61.0 Å². The first-order chi connectivity index (χ1) is 15.8. The average molecular weight is 456 g/mol. The Bertz CT molecular complexity index is 1030. The topological polar surface area (TPSA) is 202 Å². The molecule has 0 saturated heterocycles. The van der Waals surface area contributed by atoms with Crippen molar-refractivity contribution in [3.05, 3.63) is 84.8 Å². The fourth-order valence-electron chi connectivity index (χ4n) is 2.31. The quantitative estimate of drug-likeness (QED) is 0.216. The molecule has 0 bridgehead atoms. The molecule has 2 N–H and O–H groups in total. The van der Waals surface area contributed by atoms with E-state index in [-0.39, 0.29) is 11.4 Å². The van der Waals surface area contributed by atoms with Gasteiger partial charge in [-0.2, -0.15) is 10.2 Å². The fourth-order valence-corrected chi connectivity index (χ4v) is 2.31. The molecule has 0 aliphatic heterocycles. The Morgan fingerprint density at radius 1 is 0.848 bits per heavy atom. The van der Waals surface area contributed by atoms with Crippen molar-refractivity contribution in [2.24, 2.45) is 15.5 Å². The molecule has 0 unspecified atom stereocenters. The summed E-state index contributed by atoms with van der Waals surface area (Å²) in [5.41, 5.74) is 4.61. The number of nitrogens with one attached hydrogen (secondary N) is 2. The van der Waals surface area contributed by atoms with Crippen LogP contribution in [0, 0.1) is 25.1 Å². The number of hydrogen-bond acceptors (Lipinski definition) is 10. The van der Waals surface area contributed by atoms with Crippen molar-refractivity contribution in [2.45, 2.75) is 0 Å². The van der Waals surface area contributed by atoms with Crippen molar-refractivity contribution >= 4 is 35.6 Å². The summed E-state index contributed by atoms with van der Waals surface area (Å²) < 4.78 is 0. The molecule has 0 fully saturated rings. The Kier molecular flexibility index (Phi) is 8.75. The van der Waals surface area contributed by atoms with E-state index in [9.17, 15) is 34.7 Å². The number of nitro groups is 2. The first-order valence-corrected chi connectivity index (χ1v) is 8.99. The number of benzene rings is 2. The van der Waals surface area contributed by atoms with Crippen LogP contribution in [0.1, 0.15) is 11.1 Å². The number of carbonyl (C=O) groups excluding carboxylic acids is 2. The predicted octanol–water partition coefficient (Wildman–Crippen LogP) is 1.09. The second-order valence-electron chi connectivity index (χ2n) is 6.19. The molecule has 0 radical (unpaired) electrons. The third-order valence-electron chi connectivity index (χ3n) is 3.74. The van der Waals surface area contributed by atoms with E-state index in [0.29, 0.717) is 16.1 Å². The lowest BCUT2D eigenvalue weighted by Gasteiger charge is -2.12. The molecule has 0 aromatic heterocycles. The van der Waals surface area contributed by atoms with Gasteiger partial charge in [-0.25, -0.2) is 15.9 Å². The summed E-state index contributed by atoms with van der Waals surface area (Å²) in [5, 5.41) is 31.9. The molecule has 2 amide bonds. The van der Waals surface area contributed by atoms with Gasteiger partial charge in [0.05, 0.1) is 27.6 Å². The smallest absolute Gasteiger partial charge is 0.270 e. The van der Waals surface area contributed by atoms with Crippen molar-refractivity contribution in [3.8, 4) is 0 Å². The summed E-state index contributed by atoms with van der Waals surface area (Å²) in [6.07, 6.45) is 2.33. The van der Waals surface area contributed by atoms with E-state index < -0.39 is 34.8 Å². The van der Waals surface area contributed by atoms with E-state index in [0.717, 1.165) is 0 Å². The Labute approximate surface area is 185 Å². The largest absolute Gasteiger partial charge is 0.271 e. The minimum Gasteiger partial charge on any atom is -0.271 e. The van der Waals surface area contributed by atoms with Crippen LogP contribution in [0.15, 0.2) is 64.0 Å². The standard InChI is InChI=1S/C18H16N8O7/c27-17(21-19-9-13-3-1-5-15(7-13)25(30)31)11-24(23-29)12-18(28)22-20-10-14-4-2-6-16(8-14)26(32)33/h1-10H,11-12H2,(H,21,27)(H,22,28)/b19-9+,20-10?. The summed E-state index contributed by atoms with van der Waals surface area (Å²) in [6, 6.07) is 11.0. The fraction of sp³-hybridized carbons (Fsp3) is 0.111. The zero-order valence-corrected chi connectivity index (χ0v) is 16.7. The molecule has 0 atom stereocenters. The summed E-state index contributed by atoms with van der Waals surface area (Å²) in [7, 11) is 0. The minimum absolute atomic E-state index is 0.152. The molecule has 0 saturated carbocycles. The number of nitroso groups, excluding NO2 is 1. The third kappa shape index (κ3) is 8.28. The highest BCUT2D eigenvalue weighted by atomic mass is 16.6. The Morgan fingerprint density at radius 3 is 1.64 bits per heavy atom. The van der Waals surface area contributed by atoms with E-state index >= 15 is 0 Å². The van der Waals surface area contributed by atoms with E-state index in [2.05, 4.69) is 26.3 Å². The van der Waals surface area contributed by atoms with Crippen LogP contribution in [0.2, 0.25) is 0 Å². The van der Waals surface area contributed by atoms with E-state index in [1.807, 2.05) is 0 Å². The second kappa shape index (κ2) is 11.9. The maximum absolute atomic E-state index is 11.9. The average Bonchev–Trinajstić information content (AvgIpc) is 2.79. The number of hydrogen-bond donors (Lipinski definition) is 2. The number of nitro benzene ring substituents is 2. The van der Waals surface area contributed by atoms with Crippen LogP contribution >= 0.6 is 0 Å². The van der Waals surface area contributed by atoms with Gasteiger partial charge < -0.3 is 0 Å². The lowest BCUT2D eigenvalue weighted by atomic mass is 10.2. The van der Waals surface area contributed by atoms with Gasteiger partial charge in [-0.3, -0.25) is 29.8 Å². The zero-order valence-electron chi connectivity index (χ0n) is 16.7. The van der Waals surface area contributed by atoms with Crippen molar-refractivity contribution < 1.29 is 19.4 Å². The Balaban J connectivity index is 1.82. The van der Waals surface area contributed by atoms with Crippen LogP contribution in [0.4, 0.5) is 11.4 Å². The molecule has 33 heavy (non-hydrogen) atoms. The van der Waals surface area contributed by atoms with Crippen LogP contribution in [-0.4, -0.2) is 52.2 Å². The molecule has 0 spiro atoms. The molecule has 2 aromatic carbocycles. The highest BCUT2D eigenvalue weighted by Gasteiger charge is 2.13. The van der Waals surface area contributed by atoms with Gasteiger partial charge in [0.25, 0.3) is 23.2 Å². The van der Waals surface area contributed by atoms with Gasteiger partial charge in [-0.15, -0.1) is 4.91 Å². The van der Waals surface area contributed by atoms with Crippen LogP contribution in [0.3, 0.4) is 0 Å². The van der Waals surface area contributed by atoms with Gasteiger partial charge in [-0.1, -0.05) is 24.3 Å². The lowest BCUT2D eigenvalue weighted by molar-refractivity contribution is -0.385. The lowest BCUT2D eigenvalue weighted by Crippen LogP contribution is -2.38. The number of rotatable bonds is 11. The molecule has 0 aliphatic carbocycles. The van der Waals surface area contributed by atoms with E-state index in [1.54, 1.807) is 0 Å². The molecule has 15 heteroatoms. The molecule has 0 heterocycles. The van der Waals surface area contributed by atoms with Gasteiger partial charge in [-0.05, 0) is 0 Å². The van der Waals surface area contributed by atoms with Gasteiger partial charge in [0.15, 0.2) is 0 Å². The normalized spacial score (nSPS) is 10.7. The maximum atomic E-state index is 11.9. The predicted molar refractivity (Wildman–Crippen MR) is 115 cm³/mol. The molecular formula is C18H16N8O7. The van der Waals surface area contributed by atoms with Gasteiger partial charge in [0.1, 0.15) is 13.1 Å². The van der Waals surface area contributed by atoms with Crippen LogP contribution in [0.5, 0.6) is 0 Å². The molecule has 170 valence electrons. The number of nitrogens with zero attached hydrogens (tertiary/aromatic N) is 6. The zero-order chi connectivity index (χ0) is 24.2. The van der Waals surface area contributed by atoms with Crippen LogP contribution in [-0.2, 0) is 9.59 Å². The Morgan fingerprint density at radius 2 is 1.27 bits per heavy atom. The van der Waals surface area contributed by atoms with Gasteiger partial charge in [0.2, 0.25) is 0 Å². The number of hydrazone groups is 2. The number of amides is 2. The first-order valence-electron chi connectivity index (χ1n) is 8.99. The SMILES string of the molecule is O=NN(CC(=O)NN=Cc1cccc([N+](=O)[O-])c1)CC(=O)N/N=C/c1cccc([N+](=O)[O-])c1. The van der Waals surface area contributed by atoms with Crippen molar-refractivity contribution in [1.82, 2.24) is 15.9 Å². The Hall–Kier alpha value is -5.08. The third-order valence-corrected chi connectivity index (χ3v) is 3.74. The molecule has 2 rings (SSSR count). The van der Waals surface area contributed by atoms with Crippen molar-refractivity contribution in [3.63, 3.8) is 0 Å². The molecule has 15 nitrogen and oxygen atoms in total. The first kappa shape index (κ1) is 24.2. The highest BCUT2D eigenvalue weighted by molar-refractivity contribution is 5.85. The monoisotopic (exact) mass is 456 g/mol. The van der Waals surface area contributed by atoms with Crippen LogP contribution < -0.4 is 10.9 Å². The summed E-state index contributed by atoms with van der Waals surface area (Å²) >= 11 is 0. The van der Waals surface area contributed by atoms with Gasteiger partial charge in [0, 0.05) is 35.4 Å².